The van der Waals surface area contributed by atoms with Gasteiger partial charge in [0.05, 0.1) is 29.9 Å². The molecule has 0 aliphatic rings. The number of carbonyl (C=O) groups excluding carboxylic acids is 1. The minimum atomic E-state index is -0.149. The van der Waals surface area contributed by atoms with Gasteiger partial charge in [-0.2, -0.15) is 0 Å². The van der Waals surface area contributed by atoms with Gasteiger partial charge in [0.1, 0.15) is 5.75 Å². The van der Waals surface area contributed by atoms with Crippen LogP contribution in [-0.2, 0) is 11.3 Å². The molecule has 0 saturated heterocycles. The molecule has 1 unspecified atom stereocenters. The Labute approximate surface area is 157 Å². The quantitative estimate of drug-likeness (QED) is 0.698. The summed E-state index contributed by atoms with van der Waals surface area (Å²) < 4.78 is 6.97. The summed E-state index contributed by atoms with van der Waals surface area (Å²) in [6.45, 7) is 4.74. The largest absolute Gasteiger partial charge is 0.494 e. The third-order valence-corrected chi connectivity index (χ3v) is 4.36. The van der Waals surface area contributed by atoms with E-state index >= 15 is 0 Å². The van der Waals surface area contributed by atoms with Crippen molar-refractivity contribution in [1.29, 1.82) is 0 Å². The second-order valence-corrected chi connectivity index (χ2v) is 6.30. The molecule has 6 heteroatoms. The van der Waals surface area contributed by atoms with Crippen LogP contribution in [0.3, 0.4) is 0 Å². The summed E-state index contributed by atoms with van der Waals surface area (Å²) >= 11 is 0. The van der Waals surface area contributed by atoms with Gasteiger partial charge in [-0.1, -0.05) is 24.3 Å². The van der Waals surface area contributed by atoms with E-state index in [-0.39, 0.29) is 30.5 Å². The van der Waals surface area contributed by atoms with Gasteiger partial charge in [0.15, 0.2) is 0 Å². The predicted molar refractivity (Wildman–Crippen MR) is 105 cm³/mol. The number of nitrogens with zero attached hydrogens (tertiary/aromatic N) is 2. The van der Waals surface area contributed by atoms with E-state index in [4.69, 9.17) is 4.74 Å². The van der Waals surface area contributed by atoms with Crippen molar-refractivity contribution in [2.75, 3.05) is 6.61 Å². The van der Waals surface area contributed by atoms with Gasteiger partial charge in [0, 0.05) is 13.0 Å². The summed E-state index contributed by atoms with van der Waals surface area (Å²) in [5, 5.41) is 3.52. The van der Waals surface area contributed by atoms with Crippen molar-refractivity contribution in [3.8, 4) is 5.75 Å². The summed E-state index contributed by atoms with van der Waals surface area (Å²) in [5.41, 5.74) is 1.50. The average Bonchev–Trinajstić information content (AvgIpc) is 2.68. The average molecular weight is 365 g/mol. The second-order valence-electron chi connectivity index (χ2n) is 6.30. The Kier molecular flexibility index (Phi) is 5.86. The van der Waals surface area contributed by atoms with Crippen molar-refractivity contribution < 1.29 is 9.53 Å². The Bertz CT molecular complexity index is 997. The number of fused-ring (bicyclic) bond motifs is 1. The molecule has 27 heavy (non-hydrogen) atoms. The van der Waals surface area contributed by atoms with Gasteiger partial charge in [0.2, 0.25) is 5.91 Å². The Balaban J connectivity index is 1.62. The highest BCUT2D eigenvalue weighted by Crippen LogP contribution is 2.19. The standard InChI is InChI=1S/C21H23N3O3/c1-3-27-17-8-6-7-16(13-17)15(2)23-20(25)11-12-24-14-22-19-10-5-4-9-18(19)21(24)26/h4-10,13-15H,3,11-12H2,1-2H3,(H,23,25). The van der Waals surface area contributed by atoms with Crippen LogP contribution < -0.4 is 15.6 Å². The van der Waals surface area contributed by atoms with Crippen molar-refractivity contribution >= 4 is 16.8 Å². The number of para-hydroxylation sites is 1. The third kappa shape index (κ3) is 4.53. The highest BCUT2D eigenvalue weighted by atomic mass is 16.5. The van der Waals surface area contributed by atoms with Crippen LogP contribution in [-0.4, -0.2) is 22.1 Å². The van der Waals surface area contributed by atoms with E-state index in [1.165, 1.54) is 10.9 Å². The van der Waals surface area contributed by atoms with Gasteiger partial charge < -0.3 is 10.1 Å². The molecular weight excluding hydrogens is 342 g/mol. The highest BCUT2D eigenvalue weighted by molar-refractivity contribution is 5.77. The number of hydrogen-bond donors (Lipinski definition) is 1. The van der Waals surface area contributed by atoms with Crippen LogP contribution in [0.1, 0.15) is 31.9 Å². The monoisotopic (exact) mass is 365 g/mol. The third-order valence-electron chi connectivity index (χ3n) is 4.36. The number of carbonyl (C=O) groups is 1. The summed E-state index contributed by atoms with van der Waals surface area (Å²) in [5.74, 6) is 0.661. The summed E-state index contributed by atoms with van der Waals surface area (Å²) in [6.07, 6.45) is 1.70. The van der Waals surface area contributed by atoms with Crippen LogP contribution in [0.25, 0.3) is 10.9 Å². The molecule has 1 atom stereocenters. The highest BCUT2D eigenvalue weighted by Gasteiger charge is 2.11. The van der Waals surface area contributed by atoms with Gasteiger partial charge >= 0.3 is 0 Å². The zero-order valence-corrected chi connectivity index (χ0v) is 15.5. The lowest BCUT2D eigenvalue weighted by molar-refractivity contribution is -0.121. The zero-order valence-electron chi connectivity index (χ0n) is 15.5. The van der Waals surface area contributed by atoms with Gasteiger partial charge in [-0.25, -0.2) is 4.98 Å². The van der Waals surface area contributed by atoms with E-state index in [0.717, 1.165) is 11.3 Å². The number of hydrogen-bond acceptors (Lipinski definition) is 4. The molecule has 0 radical (unpaired) electrons. The fourth-order valence-electron chi connectivity index (χ4n) is 2.92. The molecule has 1 amide bonds. The number of rotatable bonds is 7. The van der Waals surface area contributed by atoms with E-state index in [9.17, 15) is 9.59 Å². The number of aromatic nitrogens is 2. The smallest absolute Gasteiger partial charge is 0.261 e. The maximum absolute atomic E-state index is 12.5. The Morgan fingerprint density at radius 3 is 2.85 bits per heavy atom. The predicted octanol–water partition coefficient (Wildman–Crippen LogP) is 3.06. The molecule has 6 nitrogen and oxygen atoms in total. The Morgan fingerprint density at radius 1 is 1.22 bits per heavy atom. The number of nitrogens with one attached hydrogen (secondary N) is 1. The summed E-state index contributed by atoms with van der Waals surface area (Å²) in [7, 11) is 0. The van der Waals surface area contributed by atoms with Crippen molar-refractivity contribution in [2.45, 2.75) is 32.9 Å². The Hall–Kier alpha value is -3.15. The number of ether oxygens (including phenoxy) is 1. The lowest BCUT2D eigenvalue weighted by Gasteiger charge is -2.16. The van der Waals surface area contributed by atoms with E-state index in [0.29, 0.717) is 17.5 Å². The first-order valence-electron chi connectivity index (χ1n) is 9.04. The topological polar surface area (TPSA) is 73.2 Å². The van der Waals surface area contributed by atoms with Crippen molar-refractivity contribution in [2.24, 2.45) is 0 Å². The molecule has 1 N–H and O–H groups in total. The molecule has 0 spiro atoms. The normalized spacial score (nSPS) is 11.9. The van der Waals surface area contributed by atoms with Crippen molar-refractivity contribution in [3.05, 3.63) is 70.8 Å². The van der Waals surface area contributed by atoms with E-state index < -0.39 is 0 Å². The number of benzene rings is 2. The van der Waals surface area contributed by atoms with Crippen molar-refractivity contribution in [1.82, 2.24) is 14.9 Å². The first-order chi connectivity index (χ1) is 13.1. The molecule has 0 fully saturated rings. The molecule has 0 bridgehead atoms. The van der Waals surface area contributed by atoms with Gasteiger partial charge in [-0.15, -0.1) is 0 Å². The lowest BCUT2D eigenvalue weighted by Crippen LogP contribution is -2.29. The number of aryl methyl sites for hydroxylation is 1. The molecule has 140 valence electrons. The molecule has 1 heterocycles. The minimum Gasteiger partial charge on any atom is -0.494 e. The molecule has 2 aromatic carbocycles. The van der Waals surface area contributed by atoms with Crippen LogP contribution in [0.15, 0.2) is 59.7 Å². The fourth-order valence-corrected chi connectivity index (χ4v) is 2.92. The maximum Gasteiger partial charge on any atom is 0.261 e. The van der Waals surface area contributed by atoms with E-state index in [1.807, 2.05) is 44.2 Å². The van der Waals surface area contributed by atoms with Gasteiger partial charge in [0.25, 0.3) is 5.56 Å². The molecule has 3 aromatic rings. The van der Waals surface area contributed by atoms with Gasteiger partial charge in [-0.05, 0) is 43.7 Å². The van der Waals surface area contributed by atoms with Crippen LogP contribution in [0.2, 0.25) is 0 Å². The molecule has 0 aliphatic heterocycles. The van der Waals surface area contributed by atoms with Gasteiger partial charge in [-0.3, -0.25) is 14.2 Å². The van der Waals surface area contributed by atoms with Crippen LogP contribution >= 0.6 is 0 Å². The molecule has 0 saturated carbocycles. The number of amides is 1. The minimum absolute atomic E-state index is 0.121. The molecular formula is C21H23N3O3. The van der Waals surface area contributed by atoms with Crippen LogP contribution in [0, 0.1) is 0 Å². The lowest BCUT2D eigenvalue weighted by atomic mass is 10.1. The molecule has 1 aromatic heterocycles. The van der Waals surface area contributed by atoms with E-state index in [2.05, 4.69) is 10.3 Å². The second kappa shape index (κ2) is 8.49. The molecule has 0 aliphatic carbocycles. The van der Waals surface area contributed by atoms with Crippen LogP contribution in [0.4, 0.5) is 0 Å². The Morgan fingerprint density at radius 2 is 2.04 bits per heavy atom. The SMILES string of the molecule is CCOc1cccc(C(C)NC(=O)CCn2cnc3ccccc3c2=O)c1. The zero-order chi connectivity index (χ0) is 19.2. The first kappa shape index (κ1) is 18.6. The summed E-state index contributed by atoms with van der Waals surface area (Å²) in [6, 6.07) is 14.7. The van der Waals surface area contributed by atoms with Crippen LogP contribution in [0.5, 0.6) is 5.75 Å². The van der Waals surface area contributed by atoms with Crippen molar-refractivity contribution in [3.63, 3.8) is 0 Å². The maximum atomic E-state index is 12.5. The molecule has 3 rings (SSSR count). The fraction of sp³-hybridized carbons (Fsp3) is 0.286. The van der Waals surface area contributed by atoms with E-state index in [1.54, 1.807) is 18.2 Å². The summed E-state index contributed by atoms with van der Waals surface area (Å²) in [4.78, 5) is 29.0. The first-order valence-corrected chi connectivity index (χ1v) is 9.04.